The molecule has 30 heavy (non-hydrogen) atoms. The normalized spacial score (nSPS) is 19.8. The van der Waals surface area contributed by atoms with Crippen LogP contribution in [0.25, 0.3) is 0 Å². The van der Waals surface area contributed by atoms with Crippen LogP contribution in [0.1, 0.15) is 32.3 Å². The SMILES string of the molecule is CC(C)NC1CCN(CC(=O)NCc2ccc(S(=O)(=O)N3CCOCC3)cc2)CC1. The molecule has 0 saturated carbocycles. The molecule has 2 N–H and O–H groups in total. The van der Waals surface area contributed by atoms with Crippen LogP contribution >= 0.6 is 0 Å². The van der Waals surface area contributed by atoms with Gasteiger partial charge in [0.15, 0.2) is 0 Å². The number of benzene rings is 1. The van der Waals surface area contributed by atoms with E-state index < -0.39 is 10.0 Å². The quantitative estimate of drug-likeness (QED) is 0.624. The minimum Gasteiger partial charge on any atom is -0.379 e. The Morgan fingerprint density at radius 2 is 1.73 bits per heavy atom. The zero-order valence-corrected chi connectivity index (χ0v) is 18.8. The molecule has 0 atom stereocenters. The molecule has 0 unspecified atom stereocenters. The largest absolute Gasteiger partial charge is 0.379 e. The van der Waals surface area contributed by atoms with Crippen molar-refractivity contribution < 1.29 is 17.9 Å². The first-order chi connectivity index (χ1) is 14.3. The molecular weight excluding hydrogens is 404 g/mol. The first kappa shape index (κ1) is 23.1. The van der Waals surface area contributed by atoms with E-state index in [1.165, 1.54) is 4.31 Å². The van der Waals surface area contributed by atoms with Crippen molar-refractivity contribution in [2.75, 3.05) is 45.9 Å². The smallest absolute Gasteiger partial charge is 0.243 e. The molecule has 0 spiro atoms. The molecule has 2 aliphatic heterocycles. The Bertz CT molecular complexity index is 784. The number of nitrogens with one attached hydrogen (secondary N) is 2. The lowest BCUT2D eigenvalue weighted by Crippen LogP contribution is -2.47. The van der Waals surface area contributed by atoms with Gasteiger partial charge >= 0.3 is 0 Å². The Balaban J connectivity index is 1.43. The van der Waals surface area contributed by atoms with Crippen LogP contribution in [0.4, 0.5) is 0 Å². The molecule has 9 heteroatoms. The Labute approximate surface area is 180 Å². The van der Waals surface area contributed by atoms with Crippen LogP contribution in [-0.4, -0.2) is 81.6 Å². The molecule has 8 nitrogen and oxygen atoms in total. The maximum atomic E-state index is 12.7. The topological polar surface area (TPSA) is 91.0 Å². The summed E-state index contributed by atoms with van der Waals surface area (Å²) in [6.07, 6.45) is 2.12. The van der Waals surface area contributed by atoms with Crippen molar-refractivity contribution in [2.45, 2.75) is 50.2 Å². The minimum atomic E-state index is -3.49. The van der Waals surface area contributed by atoms with Gasteiger partial charge in [-0.2, -0.15) is 4.31 Å². The second kappa shape index (κ2) is 10.7. The van der Waals surface area contributed by atoms with E-state index in [4.69, 9.17) is 4.74 Å². The first-order valence-electron chi connectivity index (χ1n) is 10.8. The first-order valence-corrected chi connectivity index (χ1v) is 12.2. The highest BCUT2D eigenvalue weighted by Crippen LogP contribution is 2.17. The van der Waals surface area contributed by atoms with Crippen LogP contribution in [0.15, 0.2) is 29.2 Å². The predicted molar refractivity (Wildman–Crippen MR) is 116 cm³/mol. The lowest BCUT2D eigenvalue weighted by atomic mass is 10.0. The van der Waals surface area contributed by atoms with Crippen LogP contribution < -0.4 is 10.6 Å². The average molecular weight is 439 g/mol. The number of carbonyl (C=O) groups excluding carboxylic acids is 1. The lowest BCUT2D eigenvalue weighted by Gasteiger charge is -2.32. The Morgan fingerprint density at radius 3 is 2.33 bits per heavy atom. The molecule has 0 aliphatic carbocycles. The molecule has 2 saturated heterocycles. The standard InChI is InChI=1S/C21H34N4O4S/c1-17(2)23-19-7-9-24(10-8-19)16-21(26)22-15-18-3-5-20(6-4-18)30(27,28)25-11-13-29-14-12-25/h3-6,17,19,23H,7-16H2,1-2H3,(H,22,26). The summed E-state index contributed by atoms with van der Waals surface area (Å²) in [6, 6.07) is 7.77. The summed E-state index contributed by atoms with van der Waals surface area (Å²) in [4.78, 5) is 14.8. The molecular formula is C21H34N4O4S. The lowest BCUT2D eigenvalue weighted by molar-refractivity contribution is -0.122. The summed E-state index contributed by atoms with van der Waals surface area (Å²) in [5.74, 6) is -0.00437. The number of amides is 1. The van der Waals surface area contributed by atoms with E-state index >= 15 is 0 Å². The average Bonchev–Trinajstić information content (AvgIpc) is 2.74. The van der Waals surface area contributed by atoms with Gasteiger partial charge in [0, 0.05) is 44.8 Å². The molecule has 3 rings (SSSR count). The fourth-order valence-electron chi connectivity index (χ4n) is 3.90. The van der Waals surface area contributed by atoms with Crippen LogP contribution in [0, 0.1) is 0 Å². The van der Waals surface area contributed by atoms with Gasteiger partial charge in [-0.05, 0) is 30.5 Å². The zero-order chi connectivity index (χ0) is 21.6. The number of piperidine rings is 1. The van der Waals surface area contributed by atoms with Gasteiger partial charge in [0.25, 0.3) is 0 Å². The molecule has 2 fully saturated rings. The summed E-state index contributed by atoms with van der Waals surface area (Å²) in [5.41, 5.74) is 0.879. The van der Waals surface area contributed by atoms with Crippen molar-refractivity contribution in [1.29, 1.82) is 0 Å². The zero-order valence-electron chi connectivity index (χ0n) is 18.0. The van der Waals surface area contributed by atoms with Gasteiger partial charge in [-0.15, -0.1) is 0 Å². The molecule has 1 aromatic rings. The molecule has 2 aliphatic rings. The van der Waals surface area contributed by atoms with Crippen molar-refractivity contribution >= 4 is 15.9 Å². The molecule has 1 aromatic carbocycles. The molecule has 0 radical (unpaired) electrons. The molecule has 168 valence electrons. The highest BCUT2D eigenvalue weighted by Gasteiger charge is 2.26. The highest BCUT2D eigenvalue weighted by molar-refractivity contribution is 7.89. The summed E-state index contributed by atoms with van der Waals surface area (Å²) in [6.45, 7) is 8.56. The molecule has 2 heterocycles. The number of ether oxygens (including phenoxy) is 1. The number of nitrogens with zero attached hydrogens (tertiary/aromatic N) is 2. The van der Waals surface area contributed by atoms with Crippen LogP contribution in [0.2, 0.25) is 0 Å². The summed E-state index contributed by atoms with van der Waals surface area (Å²) < 4.78 is 32.0. The number of hydrogen-bond acceptors (Lipinski definition) is 6. The van der Waals surface area contributed by atoms with E-state index in [0.717, 1.165) is 31.5 Å². The monoisotopic (exact) mass is 438 g/mol. The molecule has 0 aromatic heterocycles. The van der Waals surface area contributed by atoms with Crippen LogP contribution in [-0.2, 0) is 26.1 Å². The van der Waals surface area contributed by atoms with Crippen molar-refractivity contribution in [1.82, 2.24) is 19.8 Å². The second-order valence-electron chi connectivity index (χ2n) is 8.31. The Morgan fingerprint density at radius 1 is 1.10 bits per heavy atom. The van der Waals surface area contributed by atoms with Gasteiger partial charge in [0.1, 0.15) is 0 Å². The molecule has 1 amide bonds. The minimum absolute atomic E-state index is 0.00437. The number of sulfonamides is 1. The number of rotatable bonds is 8. The summed E-state index contributed by atoms with van der Waals surface area (Å²) in [5, 5.41) is 6.50. The second-order valence-corrected chi connectivity index (χ2v) is 10.2. The number of morpholine rings is 1. The third kappa shape index (κ3) is 6.49. The fourth-order valence-corrected chi connectivity index (χ4v) is 5.31. The van der Waals surface area contributed by atoms with Crippen molar-refractivity contribution in [3.05, 3.63) is 29.8 Å². The van der Waals surface area contributed by atoms with E-state index in [9.17, 15) is 13.2 Å². The third-order valence-electron chi connectivity index (χ3n) is 5.54. The van der Waals surface area contributed by atoms with Gasteiger partial charge in [-0.1, -0.05) is 26.0 Å². The maximum absolute atomic E-state index is 12.7. The van der Waals surface area contributed by atoms with E-state index in [-0.39, 0.29) is 10.8 Å². The van der Waals surface area contributed by atoms with Crippen LogP contribution in [0.3, 0.4) is 0 Å². The summed E-state index contributed by atoms with van der Waals surface area (Å²) >= 11 is 0. The van der Waals surface area contributed by atoms with Gasteiger partial charge < -0.3 is 15.4 Å². The van der Waals surface area contributed by atoms with Crippen molar-refractivity contribution in [3.8, 4) is 0 Å². The molecule has 0 bridgehead atoms. The number of hydrogen-bond donors (Lipinski definition) is 2. The van der Waals surface area contributed by atoms with E-state index in [2.05, 4.69) is 29.4 Å². The fraction of sp³-hybridized carbons (Fsp3) is 0.667. The predicted octanol–water partition coefficient (Wildman–Crippen LogP) is 0.786. The maximum Gasteiger partial charge on any atom is 0.243 e. The van der Waals surface area contributed by atoms with E-state index in [1.54, 1.807) is 24.3 Å². The Kier molecular flexibility index (Phi) is 8.24. The highest BCUT2D eigenvalue weighted by atomic mass is 32.2. The van der Waals surface area contributed by atoms with E-state index in [0.29, 0.717) is 51.5 Å². The van der Waals surface area contributed by atoms with Crippen molar-refractivity contribution in [2.24, 2.45) is 0 Å². The van der Waals surface area contributed by atoms with Crippen LogP contribution in [0.5, 0.6) is 0 Å². The van der Waals surface area contributed by atoms with E-state index in [1.807, 2.05) is 0 Å². The van der Waals surface area contributed by atoms with Gasteiger partial charge in [0.2, 0.25) is 15.9 Å². The Hall–Kier alpha value is -1.52. The van der Waals surface area contributed by atoms with Gasteiger partial charge in [0.05, 0.1) is 24.7 Å². The van der Waals surface area contributed by atoms with Crippen molar-refractivity contribution in [3.63, 3.8) is 0 Å². The third-order valence-corrected chi connectivity index (χ3v) is 7.46. The van der Waals surface area contributed by atoms with Gasteiger partial charge in [-0.3, -0.25) is 9.69 Å². The number of carbonyl (C=O) groups is 1. The van der Waals surface area contributed by atoms with Gasteiger partial charge in [-0.25, -0.2) is 8.42 Å². The number of likely N-dealkylation sites (tertiary alicyclic amines) is 1. The summed E-state index contributed by atoms with van der Waals surface area (Å²) in [7, 11) is -3.49.